The van der Waals surface area contributed by atoms with Crippen LogP contribution in [0.1, 0.15) is 36.0 Å². The lowest BCUT2D eigenvalue weighted by molar-refractivity contribution is 0.475. The minimum Gasteiger partial charge on any atom is -0.507 e. The molecule has 2 aromatic rings. The van der Waals surface area contributed by atoms with Gasteiger partial charge in [-0.05, 0) is 68.9 Å². The summed E-state index contributed by atoms with van der Waals surface area (Å²) >= 11 is 0. The number of rotatable bonds is 3. The number of piperidine rings is 1. The summed E-state index contributed by atoms with van der Waals surface area (Å²) in [5, 5.41) is 12.8. The molecule has 1 aliphatic heterocycles. The summed E-state index contributed by atoms with van der Waals surface area (Å²) < 4.78 is 0. The van der Waals surface area contributed by atoms with E-state index in [9.17, 15) is 5.11 Å². The van der Waals surface area contributed by atoms with E-state index >= 15 is 0 Å². The Hall–Kier alpha value is -1.53. The van der Waals surface area contributed by atoms with Gasteiger partial charge in [0, 0.05) is 29.4 Å². The Kier molecular flexibility index (Phi) is 4.92. The molecule has 3 rings (SSSR count). The fourth-order valence-electron chi connectivity index (χ4n) is 3.34. The highest BCUT2D eigenvalue weighted by molar-refractivity contribution is 7.56. The van der Waals surface area contributed by atoms with Gasteiger partial charge in [0.25, 0.3) is 0 Å². The minimum atomic E-state index is 0.458. The lowest BCUT2D eigenvalue weighted by Gasteiger charge is -2.31. The van der Waals surface area contributed by atoms with Crippen molar-refractivity contribution in [1.29, 1.82) is 0 Å². The molecule has 122 valence electrons. The average molecular weight is 327 g/mol. The van der Waals surface area contributed by atoms with E-state index in [1.165, 1.54) is 41.4 Å². The van der Waals surface area contributed by atoms with Gasteiger partial charge in [0.05, 0.1) is 0 Å². The zero-order valence-electron chi connectivity index (χ0n) is 14.3. The van der Waals surface area contributed by atoms with Crippen LogP contribution in [-0.4, -0.2) is 18.2 Å². The second-order valence-corrected chi connectivity index (χ2v) is 8.00. The molecule has 0 spiro atoms. The molecule has 3 heteroatoms. The standard InChI is InChI=1S/C20H26NOP/c1-14-7-8-18(17(12-14)21-9-5-4-6-10-21)23-19-13-15(2)11-16(3)20(19)22/h7-8,11-13,22-23H,4-6,9-10H2,1-3H3. The maximum absolute atomic E-state index is 10.4. The number of phenols is 1. The number of nitrogens with zero attached hydrogens (tertiary/aromatic N) is 1. The molecule has 1 aliphatic rings. The zero-order valence-corrected chi connectivity index (χ0v) is 15.3. The summed E-state index contributed by atoms with van der Waals surface area (Å²) in [4.78, 5) is 2.53. The normalized spacial score (nSPS) is 15.5. The Labute approximate surface area is 141 Å². The molecule has 0 bridgehead atoms. The van der Waals surface area contributed by atoms with Crippen LogP contribution in [0.4, 0.5) is 5.69 Å². The van der Waals surface area contributed by atoms with Crippen LogP contribution in [0.5, 0.6) is 5.75 Å². The molecule has 0 saturated carbocycles. The van der Waals surface area contributed by atoms with E-state index in [0.29, 0.717) is 14.3 Å². The van der Waals surface area contributed by atoms with Crippen LogP contribution in [0.25, 0.3) is 0 Å². The molecule has 0 amide bonds. The maximum atomic E-state index is 10.4. The molecule has 0 aliphatic carbocycles. The van der Waals surface area contributed by atoms with Crippen molar-refractivity contribution >= 4 is 24.9 Å². The highest BCUT2D eigenvalue weighted by atomic mass is 31.1. The van der Waals surface area contributed by atoms with Crippen molar-refractivity contribution in [3.8, 4) is 5.75 Å². The lowest BCUT2D eigenvalue weighted by Crippen LogP contribution is -2.32. The van der Waals surface area contributed by atoms with E-state index in [4.69, 9.17) is 0 Å². The van der Waals surface area contributed by atoms with Gasteiger partial charge < -0.3 is 10.0 Å². The number of benzene rings is 2. The first-order valence-corrected chi connectivity index (χ1v) is 9.47. The fraction of sp³-hybridized carbons (Fsp3) is 0.400. The number of anilines is 1. The van der Waals surface area contributed by atoms with Crippen molar-refractivity contribution in [2.75, 3.05) is 18.0 Å². The predicted octanol–water partition coefficient (Wildman–Crippen LogP) is 3.94. The zero-order chi connectivity index (χ0) is 16.4. The van der Waals surface area contributed by atoms with Gasteiger partial charge in [-0.3, -0.25) is 0 Å². The quantitative estimate of drug-likeness (QED) is 0.863. The minimum absolute atomic E-state index is 0.458. The van der Waals surface area contributed by atoms with E-state index < -0.39 is 0 Å². The average Bonchev–Trinajstić information content (AvgIpc) is 2.54. The third-order valence-corrected chi connectivity index (χ3v) is 5.91. The van der Waals surface area contributed by atoms with Gasteiger partial charge in [-0.25, -0.2) is 0 Å². The number of aromatic hydroxyl groups is 1. The van der Waals surface area contributed by atoms with Gasteiger partial charge in [-0.1, -0.05) is 26.8 Å². The van der Waals surface area contributed by atoms with E-state index in [1.807, 2.05) is 13.0 Å². The van der Waals surface area contributed by atoms with E-state index in [1.54, 1.807) is 0 Å². The monoisotopic (exact) mass is 327 g/mol. The Morgan fingerprint density at radius 2 is 1.61 bits per heavy atom. The molecular formula is C20H26NOP. The van der Waals surface area contributed by atoms with Crippen LogP contribution < -0.4 is 15.5 Å². The van der Waals surface area contributed by atoms with E-state index in [0.717, 1.165) is 24.0 Å². The Morgan fingerprint density at radius 1 is 0.870 bits per heavy atom. The number of phenolic OH excluding ortho intramolecular Hbond substituents is 1. The molecule has 2 nitrogen and oxygen atoms in total. The van der Waals surface area contributed by atoms with Crippen molar-refractivity contribution in [3.63, 3.8) is 0 Å². The van der Waals surface area contributed by atoms with Crippen LogP contribution in [0, 0.1) is 20.8 Å². The number of aryl methyl sites for hydroxylation is 3. The molecule has 1 fully saturated rings. The molecular weight excluding hydrogens is 301 g/mol. The first kappa shape index (κ1) is 16.3. The molecule has 1 atom stereocenters. The topological polar surface area (TPSA) is 23.5 Å². The van der Waals surface area contributed by atoms with Crippen LogP contribution in [0.15, 0.2) is 30.3 Å². The summed E-state index contributed by atoms with van der Waals surface area (Å²) in [6.07, 6.45) is 3.91. The summed E-state index contributed by atoms with van der Waals surface area (Å²) in [5.41, 5.74) is 4.86. The van der Waals surface area contributed by atoms with Gasteiger partial charge in [-0.2, -0.15) is 0 Å². The summed E-state index contributed by atoms with van der Waals surface area (Å²) in [6, 6.07) is 10.9. The molecule has 23 heavy (non-hydrogen) atoms. The van der Waals surface area contributed by atoms with Gasteiger partial charge in [0.15, 0.2) is 0 Å². The van der Waals surface area contributed by atoms with E-state index in [2.05, 4.69) is 43.0 Å². The second-order valence-electron chi connectivity index (χ2n) is 6.67. The summed E-state index contributed by atoms with van der Waals surface area (Å²) in [6.45, 7) is 8.55. The van der Waals surface area contributed by atoms with Crippen LogP contribution in [-0.2, 0) is 0 Å². The molecule has 0 aromatic heterocycles. The number of hydrogen-bond acceptors (Lipinski definition) is 2. The van der Waals surface area contributed by atoms with Crippen molar-refractivity contribution in [2.45, 2.75) is 40.0 Å². The SMILES string of the molecule is Cc1cc(C)c(O)c(Pc2ccc(C)cc2N2CCCCC2)c1. The Morgan fingerprint density at radius 3 is 2.35 bits per heavy atom. The van der Waals surface area contributed by atoms with Crippen molar-refractivity contribution in [2.24, 2.45) is 0 Å². The molecule has 1 unspecified atom stereocenters. The molecule has 1 heterocycles. The van der Waals surface area contributed by atoms with Crippen LogP contribution in [0.2, 0.25) is 0 Å². The maximum Gasteiger partial charge on any atom is 0.126 e. The van der Waals surface area contributed by atoms with Gasteiger partial charge >= 0.3 is 0 Å². The van der Waals surface area contributed by atoms with Gasteiger partial charge in [0.1, 0.15) is 5.75 Å². The molecule has 2 aromatic carbocycles. The third-order valence-electron chi connectivity index (χ3n) is 4.56. The number of hydrogen-bond donors (Lipinski definition) is 1. The van der Waals surface area contributed by atoms with Crippen molar-refractivity contribution in [3.05, 3.63) is 47.0 Å². The highest BCUT2D eigenvalue weighted by Crippen LogP contribution is 2.29. The smallest absolute Gasteiger partial charge is 0.126 e. The highest BCUT2D eigenvalue weighted by Gasteiger charge is 2.16. The van der Waals surface area contributed by atoms with Crippen molar-refractivity contribution < 1.29 is 5.11 Å². The largest absolute Gasteiger partial charge is 0.507 e. The molecule has 1 N–H and O–H groups in total. The Bertz CT molecular complexity index is 705. The van der Waals surface area contributed by atoms with Crippen molar-refractivity contribution in [1.82, 2.24) is 0 Å². The van der Waals surface area contributed by atoms with Crippen LogP contribution >= 0.6 is 8.58 Å². The lowest BCUT2D eigenvalue weighted by atomic mass is 10.1. The first-order chi connectivity index (χ1) is 11.0. The molecule has 0 radical (unpaired) electrons. The van der Waals surface area contributed by atoms with Gasteiger partial charge in [0.2, 0.25) is 0 Å². The third kappa shape index (κ3) is 3.70. The predicted molar refractivity (Wildman–Crippen MR) is 102 cm³/mol. The Balaban J connectivity index is 1.97. The summed E-state index contributed by atoms with van der Waals surface area (Å²) in [7, 11) is 0.496. The second kappa shape index (κ2) is 6.93. The summed E-state index contributed by atoms with van der Waals surface area (Å²) in [5.74, 6) is 0.458. The fourth-order valence-corrected chi connectivity index (χ4v) is 4.77. The van der Waals surface area contributed by atoms with Crippen LogP contribution in [0.3, 0.4) is 0 Å². The van der Waals surface area contributed by atoms with E-state index in [-0.39, 0.29) is 0 Å². The molecule has 1 saturated heterocycles. The first-order valence-electron chi connectivity index (χ1n) is 8.47. The van der Waals surface area contributed by atoms with Gasteiger partial charge in [-0.15, -0.1) is 0 Å².